The summed E-state index contributed by atoms with van der Waals surface area (Å²) in [6.45, 7) is 2.41. The average molecular weight is 261 g/mol. The monoisotopic (exact) mass is 261 g/mol. The molecule has 0 aliphatic carbocycles. The molecule has 0 radical (unpaired) electrons. The minimum absolute atomic E-state index is 0.226. The Morgan fingerprint density at radius 2 is 2.33 bits per heavy atom. The van der Waals surface area contributed by atoms with Crippen LogP contribution in [-0.4, -0.2) is 9.38 Å². The third-order valence-corrected chi connectivity index (χ3v) is 3.58. The summed E-state index contributed by atoms with van der Waals surface area (Å²) in [6.07, 6.45) is 3.92. The lowest BCUT2D eigenvalue weighted by Gasteiger charge is -2.08. The number of nitrogens with one attached hydrogen (secondary N) is 1. The highest BCUT2D eigenvalue weighted by Crippen LogP contribution is 2.20. The van der Waals surface area contributed by atoms with Gasteiger partial charge in [-0.25, -0.2) is 9.37 Å². The zero-order valence-corrected chi connectivity index (χ0v) is 10.7. The molecule has 0 atom stereocenters. The van der Waals surface area contributed by atoms with Crippen molar-refractivity contribution in [2.24, 2.45) is 0 Å². The first-order valence-electron chi connectivity index (χ1n) is 5.64. The fourth-order valence-electron chi connectivity index (χ4n) is 1.90. The Kier molecular flexibility index (Phi) is 2.76. The second-order valence-corrected chi connectivity index (χ2v) is 4.98. The van der Waals surface area contributed by atoms with E-state index >= 15 is 0 Å². The number of nitrogens with zero attached hydrogens (tertiary/aromatic N) is 2. The predicted octanol–water partition coefficient (Wildman–Crippen LogP) is 3.46. The van der Waals surface area contributed by atoms with E-state index in [9.17, 15) is 4.39 Å². The molecule has 1 N–H and O–H groups in total. The van der Waals surface area contributed by atoms with Gasteiger partial charge < -0.3 is 5.32 Å². The molecule has 0 saturated heterocycles. The van der Waals surface area contributed by atoms with Crippen LogP contribution in [0.15, 0.2) is 36.0 Å². The highest BCUT2D eigenvalue weighted by Gasteiger charge is 2.06. The Balaban J connectivity index is 1.80. The lowest BCUT2D eigenvalue weighted by molar-refractivity contribution is 0.629. The summed E-state index contributed by atoms with van der Waals surface area (Å²) in [5.74, 6) is -0.226. The highest BCUT2D eigenvalue weighted by atomic mass is 32.1. The molecule has 0 saturated carbocycles. The van der Waals surface area contributed by atoms with E-state index in [1.807, 2.05) is 35.2 Å². The second-order valence-electron chi connectivity index (χ2n) is 4.11. The Morgan fingerprint density at radius 3 is 3.11 bits per heavy atom. The Bertz CT molecular complexity index is 638. The van der Waals surface area contributed by atoms with Gasteiger partial charge in [0.05, 0.1) is 17.9 Å². The third-order valence-electron chi connectivity index (χ3n) is 2.81. The fraction of sp³-hybridized carbons (Fsp3) is 0.154. The number of aryl methyl sites for hydroxylation is 1. The summed E-state index contributed by atoms with van der Waals surface area (Å²) in [5, 5.41) is 5.09. The molecule has 5 heteroatoms. The molecule has 2 aromatic heterocycles. The van der Waals surface area contributed by atoms with Crippen LogP contribution in [0.25, 0.3) is 4.96 Å². The largest absolute Gasteiger partial charge is 0.377 e. The maximum atomic E-state index is 13.6. The van der Waals surface area contributed by atoms with Crippen molar-refractivity contribution in [3.05, 3.63) is 53.0 Å². The lowest BCUT2D eigenvalue weighted by Crippen LogP contribution is -2.03. The number of halogens is 1. The molecule has 0 bridgehead atoms. The molecular weight excluding hydrogens is 249 g/mol. The standard InChI is InChI=1S/C13H12FN3S/c1-9-3-2-4-11(14)12(9)15-7-10-8-17-5-6-18-13(17)16-10/h2-6,8,15H,7H2,1H3. The van der Waals surface area contributed by atoms with Gasteiger partial charge in [-0.15, -0.1) is 11.3 Å². The van der Waals surface area contributed by atoms with Gasteiger partial charge in [0.25, 0.3) is 0 Å². The van der Waals surface area contributed by atoms with E-state index in [0.29, 0.717) is 12.2 Å². The Labute approximate surface area is 108 Å². The second kappa shape index (κ2) is 4.42. The molecule has 3 rings (SSSR count). The van der Waals surface area contributed by atoms with Crippen LogP contribution >= 0.6 is 11.3 Å². The van der Waals surface area contributed by atoms with E-state index in [4.69, 9.17) is 0 Å². The molecule has 0 aliphatic heterocycles. The Hall–Kier alpha value is -1.88. The van der Waals surface area contributed by atoms with Crippen molar-refractivity contribution in [2.75, 3.05) is 5.32 Å². The van der Waals surface area contributed by atoms with Crippen molar-refractivity contribution >= 4 is 22.0 Å². The summed E-state index contributed by atoms with van der Waals surface area (Å²) < 4.78 is 15.6. The van der Waals surface area contributed by atoms with E-state index in [1.54, 1.807) is 17.4 Å². The van der Waals surface area contributed by atoms with E-state index in [2.05, 4.69) is 10.3 Å². The van der Waals surface area contributed by atoms with E-state index in [-0.39, 0.29) is 5.82 Å². The molecule has 0 amide bonds. The SMILES string of the molecule is Cc1cccc(F)c1NCc1cn2ccsc2n1. The summed E-state index contributed by atoms with van der Waals surface area (Å²) in [5.41, 5.74) is 2.36. The number of para-hydroxylation sites is 1. The minimum atomic E-state index is -0.226. The summed E-state index contributed by atoms with van der Waals surface area (Å²) >= 11 is 1.59. The maximum absolute atomic E-state index is 13.6. The number of hydrogen-bond acceptors (Lipinski definition) is 3. The zero-order valence-electron chi connectivity index (χ0n) is 9.85. The van der Waals surface area contributed by atoms with Gasteiger partial charge in [0.2, 0.25) is 0 Å². The molecule has 18 heavy (non-hydrogen) atoms. The fourth-order valence-corrected chi connectivity index (χ4v) is 2.61. The van der Waals surface area contributed by atoms with Gasteiger partial charge >= 0.3 is 0 Å². The number of fused-ring (bicyclic) bond motifs is 1. The minimum Gasteiger partial charge on any atom is -0.377 e. The lowest BCUT2D eigenvalue weighted by atomic mass is 10.2. The summed E-state index contributed by atoms with van der Waals surface area (Å²) in [7, 11) is 0. The first kappa shape index (κ1) is 11.2. The topological polar surface area (TPSA) is 29.3 Å². The van der Waals surface area contributed by atoms with Crippen LogP contribution in [0, 0.1) is 12.7 Å². The quantitative estimate of drug-likeness (QED) is 0.782. The van der Waals surface area contributed by atoms with Crippen molar-refractivity contribution in [1.29, 1.82) is 0 Å². The van der Waals surface area contributed by atoms with Crippen molar-refractivity contribution in [3.63, 3.8) is 0 Å². The molecule has 0 unspecified atom stereocenters. The molecule has 3 aromatic rings. The van der Waals surface area contributed by atoms with Crippen LogP contribution < -0.4 is 5.32 Å². The smallest absolute Gasteiger partial charge is 0.193 e. The first-order chi connectivity index (χ1) is 8.74. The summed E-state index contributed by atoms with van der Waals surface area (Å²) in [6, 6.07) is 5.06. The predicted molar refractivity (Wildman–Crippen MR) is 71.5 cm³/mol. The maximum Gasteiger partial charge on any atom is 0.193 e. The molecule has 1 aromatic carbocycles. The van der Waals surface area contributed by atoms with Gasteiger partial charge in [-0.05, 0) is 18.6 Å². The normalized spacial score (nSPS) is 11.0. The van der Waals surface area contributed by atoms with Crippen LogP contribution in [0.4, 0.5) is 10.1 Å². The van der Waals surface area contributed by atoms with Crippen LogP contribution in [-0.2, 0) is 6.54 Å². The Morgan fingerprint density at radius 1 is 1.44 bits per heavy atom. The van der Waals surface area contributed by atoms with E-state index in [0.717, 1.165) is 16.2 Å². The van der Waals surface area contributed by atoms with E-state index < -0.39 is 0 Å². The van der Waals surface area contributed by atoms with Crippen molar-refractivity contribution in [2.45, 2.75) is 13.5 Å². The van der Waals surface area contributed by atoms with Gasteiger partial charge in [0, 0.05) is 17.8 Å². The molecular formula is C13H12FN3S. The van der Waals surface area contributed by atoms with Crippen LogP contribution in [0.3, 0.4) is 0 Å². The van der Waals surface area contributed by atoms with Gasteiger partial charge in [-0.1, -0.05) is 12.1 Å². The number of rotatable bonds is 3. The van der Waals surface area contributed by atoms with Gasteiger partial charge in [-0.2, -0.15) is 0 Å². The molecule has 3 nitrogen and oxygen atoms in total. The van der Waals surface area contributed by atoms with Crippen molar-refractivity contribution in [3.8, 4) is 0 Å². The van der Waals surface area contributed by atoms with Crippen LogP contribution in [0.5, 0.6) is 0 Å². The van der Waals surface area contributed by atoms with Crippen molar-refractivity contribution < 1.29 is 4.39 Å². The molecule has 0 aliphatic rings. The molecule has 0 spiro atoms. The zero-order chi connectivity index (χ0) is 12.5. The number of benzene rings is 1. The number of aromatic nitrogens is 2. The summed E-state index contributed by atoms with van der Waals surface area (Å²) in [4.78, 5) is 5.40. The van der Waals surface area contributed by atoms with Gasteiger partial charge in [-0.3, -0.25) is 4.40 Å². The highest BCUT2D eigenvalue weighted by molar-refractivity contribution is 7.15. The number of imidazole rings is 1. The van der Waals surface area contributed by atoms with Gasteiger partial charge in [0.1, 0.15) is 5.82 Å². The molecule has 0 fully saturated rings. The number of anilines is 1. The van der Waals surface area contributed by atoms with Crippen LogP contribution in [0.1, 0.15) is 11.3 Å². The van der Waals surface area contributed by atoms with Crippen molar-refractivity contribution in [1.82, 2.24) is 9.38 Å². The van der Waals surface area contributed by atoms with Crippen LogP contribution in [0.2, 0.25) is 0 Å². The number of hydrogen-bond donors (Lipinski definition) is 1. The third kappa shape index (κ3) is 1.97. The number of thiazole rings is 1. The average Bonchev–Trinajstić information content (AvgIpc) is 2.88. The first-order valence-corrected chi connectivity index (χ1v) is 6.52. The molecule has 92 valence electrons. The van der Waals surface area contributed by atoms with Gasteiger partial charge in [0.15, 0.2) is 4.96 Å². The molecule has 2 heterocycles. The van der Waals surface area contributed by atoms with E-state index in [1.165, 1.54) is 6.07 Å².